The van der Waals surface area contributed by atoms with Gasteiger partial charge < -0.3 is 10.5 Å². The van der Waals surface area contributed by atoms with E-state index in [1.165, 1.54) is 19.3 Å². The molecule has 0 amide bonds. The van der Waals surface area contributed by atoms with Gasteiger partial charge >= 0.3 is 0 Å². The van der Waals surface area contributed by atoms with Crippen molar-refractivity contribution >= 4 is 5.71 Å². The predicted octanol–water partition coefficient (Wildman–Crippen LogP) is 3.34. The molecule has 0 unspecified atom stereocenters. The zero-order valence-corrected chi connectivity index (χ0v) is 8.87. The standard InChI is InChI=1S/C13H17NO/c14-13(10-6-2-1-3-7-10)11-8-4-5-9-12(11)15/h4-5,8-10,14-15H,1-3,6-7H2. The van der Waals surface area contributed by atoms with E-state index in [2.05, 4.69) is 0 Å². The molecular weight excluding hydrogens is 186 g/mol. The molecule has 1 aliphatic rings. The van der Waals surface area contributed by atoms with Crippen LogP contribution in [0.2, 0.25) is 0 Å². The molecule has 2 N–H and O–H groups in total. The van der Waals surface area contributed by atoms with E-state index in [-0.39, 0.29) is 5.75 Å². The number of rotatable bonds is 2. The van der Waals surface area contributed by atoms with Crippen LogP contribution in [0.4, 0.5) is 0 Å². The average molecular weight is 203 g/mol. The Bertz CT molecular complexity index is 353. The summed E-state index contributed by atoms with van der Waals surface area (Å²) in [5.41, 5.74) is 1.33. The van der Waals surface area contributed by atoms with Gasteiger partial charge in [-0.25, -0.2) is 0 Å². The highest BCUT2D eigenvalue weighted by atomic mass is 16.3. The lowest BCUT2D eigenvalue weighted by Crippen LogP contribution is -2.17. The fraction of sp³-hybridized carbons (Fsp3) is 0.462. The lowest BCUT2D eigenvalue weighted by atomic mass is 9.83. The Hall–Kier alpha value is -1.31. The summed E-state index contributed by atoms with van der Waals surface area (Å²) in [6.07, 6.45) is 5.95. The third-order valence-electron chi connectivity index (χ3n) is 3.21. The zero-order chi connectivity index (χ0) is 10.7. The maximum atomic E-state index is 9.67. The first kappa shape index (κ1) is 10.2. The fourth-order valence-electron chi connectivity index (χ4n) is 2.31. The zero-order valence-electron chi connectivity index (χ0n) is 8.87. The van der Waals surface area contributed by atoms with Crippen molar-refractivity contribution in [1.82, 2.24) is 0 Å². The second-order valence-corrected chi connectivity index (χ2v) is 4.27. The summed E-state index contributed by atoms with van der Waals surface area (Å²) in [4.78, 5) is 0. The molecule has 2 rings (SSSR count). The second-order valence-electron chi connectivity index (χ2n) is 4.27. The molecule has 0 saturated heterocycles. The maximum Gasteiger partial charge on any atom is 0.124 e. The molecule has 0 atom stereocenters. The smallest absolute Gasteiger partial charge is 0.124 e. The highest BCUT2D eigenvalue weighted by Gasteiger charge is 2.20. The number of hydrogen-bond acceptors (Lipinski definition) is 2. The first-order chi connectivity index (χ1) is 7.29. The van der Waals surface area contributed by atoms with Crippen molar-refractivity contribution < 1.29 is 5.11 Å². The van der Waals surface area contributed by atoms with Gasteiger partial charge in [0.05, 0.1) is 0 Å². The average Bonchev–Trinajstić information content (AvgIpc) is 2.30. The van der Waals surface area contributed by atoms with Gasteiger partial charge in [0.1, 0.15) is 5.75 Å². The van der Waals surface area contributed by atoms with Crippen LogP contribution in [0.1, 0.15) is 37.7 Å². The van der Waals surface area contributed by atoms with Gasteiger partial charge in [-0.15, -0.1) is 0 Å². The van der Waals surface area contributed by atoms with Crippen molar-refractivity contribution in [3.8, 4) is 5.75 Å². The third kappa shape index (κ3) is 2.20. The van der Waals surface area contributed by atoms with Gasteiger partial charge in [-0.1, -0.05) is 31.4 Å². The molecule has 1 fully saturated rings. The molecule has 1 saturated carbocycles. The van der Waals surface area contributed by atoms with Crippen LogP contribution in [-0.4, -0.2) is 10.8 Å². The van der Waals surface area contributed by atoms with Crippen LogP contribution in [0.15, 0.2) is 24.3 Å². The largest absolute Gasteiger partial charge is 0.507 e. The SMILES string of the molecule is N=C(c1ccccc1O)C1CCCCC1. The molecule has 0 radical (unpaired) electrons. The van der Waals surface area contributed by atoms with Crippen LogP contribution >= 0.6 is 0 Å². The van der Waals surface area contributed by atoms with Gasteiger partial charge in [0.15, 0.2) is 0 Å². The van der Waals surface area contributed by atoms with Crippen LogP contribution in [-0.2, 0) is 0 Å². The number of hydrogen-bond donors (Lipinski definition) is 2. The minimum atomic E-state index is 0.244. The molecule has 2 heteroatoms. The van der Waals surface area contributed by atoms with Gasteiger partial charge in [0.2, 0.25) is 0 Å². The Morgan fingerprint density at radius 1 is 1.13 bits per heavy atom. The Kier molecular flexibility index (Phi) is 3.05. The first-order valence-electron chi connectivity index (χ1n) is 5.66. The predicted molar refractivity (Wildman–Crippen MR) is 61.5 cm³/mol. The number of phenolic OH excluding ortho intramolecular Hbond substituents is 1. The number of para-hydroxylation sites is 1. The molecule has 0 spiro atoms. The number of phenols is 1. The van der Waals surface area contributed by atoms with E-state index in [0.717, 1.165) is 12.8 Å². The molecule has 15 heavy (non-hydrogen) atoms. The van der Waals surface area contributed by atoms with Crippen molar-refractivity contribution in [2.24, 2.45) is 5.92 Å². The van der Waals surface area contributed by atoms with E-state index in [9.17, 15) is 5.11 Å². The van der Waals surface area contributed by atoms with E-state index in [1.54, 1.807) is 12.1 Å². The summed E-state index contributed by atoms with van der Waals surface area (Å²) >= 11 is 0. The van der Waals surface area contributed by atoms with Crippen LogP contribution in [0, 0.1) is 11.3 Å². The Labute approximate surface area is 90.5 Å². The topological polar surface area (TPSA) is 44.1 Å². The van der Waals surface area contributed by atoms with Crippen molar-refractivity contribution in [3.05, 3.63) is 29.8 Å². The van der Waals surface area contributed by atoms with Crippen LogP contribution < -0.4 is 0 Å². The Balaban J connectivity index is 2.16. The summed E-state index contributed by atoms with van der Waals surface area (Å²) in [5.74, 6) is 0.597. The molecule has 1 aliphatic carbocycles. The van der Waals surface area contributed by atoms with Crippen molar-refractivity contribution in [2.45, 2.75) is 32.1 Å². The molecule has 80 valence electrons. The van der Waals surface area contributed by atoms with Crippen LogP contribution in [0.25, 0.3) is 0 Å². The van der Waals surface area contributed by atoms with Crippen LogP contribution in [0.5, 0.6) is 5.75 Å². The van der Waals surface area contributed by atoms with Crippen molar-refractivity contribution in [1.29, 1.82) is 5.41 Å². The normalized spacial score (nSPS) is 17.6. The van der Waals surface area contributed by atoms with E-state index in [4.69, 9.17) is 5.41 Å². The minimum Gasteiger partial charge on any atom is -0.507 e. The van der Waals surface area contributed by atoms with E-state index >= 15 is 0 Å². The maximum absolute atomic E-state index is 9.67. The number of benzene rings is 1. The van der Waals surface area contributed by atoms with Gasteiger partial charge in [0.25, 0.3) is 0 Å². The van der Waals surface area contributed by atoms with Crippen molar-refractivity contribution in [3.63, 3.8) is 0 Å². The summed E-state index contributed by atoms with van der Waals surface area (Å²) in [7, 11) is 0. The molecule has 0 aromatic heterocycles. The van der Waals surface area contributed by atoms with Gasteiger partial charge in [-0.3, -0.25) is 0 Å². The number of aromatic hydroxyl groups is 1. The van der Waals surface area contributed by atoms with E-state index in [1.807, 2.05) is 12.1 Å². The molecule has 2 nitrogen and oxygen atoms in total. The molecule has 0 bridgehead atoms. The fourth-order valence-corrected chi connectivity index (χ4v) is 2.31. The first-order valence-corrected chi connectivity index (χ1v) is 5.66. The monoisotopic (exact) mass is 203 g/mol. The Morgan fingerprint density at radius 3 is 2.47 bits per heavy atom. The molecule has 1 aromatic rings. The van der Waals surface area contributed by atoms with E-state index < -0.39 is 0 Å². The number of nitrogens with one attached hydrogen (secondary N) is 1. The third-order valence-corrected chi connectivity index (χ3v) is 3.21. The summed E-state index contributed by atoms with van der Waals surface area (Å²) in [6.45, 7) is 0. The van der Waals surface area contributed by atoms with Gasteiger partial charge in [-0.05, 0) is 25.0 Å². The molecule has 0 aliphatic heterocycles. The molecule has 0 heterocycles. The summed E-state index contributed by atoms with van der Waals surface area (Å²) in [6, 6.07) is 7.18. The summed E-state index contributed by atoms with van der Waals surface area (Å²) in [5, 5.41) is 17.8. The Morgan fingerprint density at radius 2 is 1.80 bits per heavy atom. The highest BCUT2D eigenvalue weighted by molar-refractivity contribution is 6.02. The quantitative estimate of drug-likeness (QED) is 0.711. The second kappa shape index (κ2) is 4.47. The molecule has 1 aromatic carbocycles. The highest BCUT2D eigenvalue weighted by Crippen LogP contribution is 2.29. The van der Waals surface area contributed by atoms with Crippen molar-refractivity contribution in [2.75, 3.05) is 0 Å². The molecular formula is C13H17NO. The van der Waals surface area contributed by atoms with Gasteiger partial charge in [-0.2, -0.15) is 0 Å². The van der Waals surface area contributed by atoms with E-state index in [0.29, 0.717) is 17.2 Å². The lowest BCUT2D eigenvalue weighted by molar-refractivity contribution is 0.435. The minimum absolute atomic E-state index is 0.244. The summed E-state index contributed by atoms with van der Waals surface area (Å²) < 4.78 is 0. The lowest BCUT2D eigenvalue weighted by Gasteiger charge is -2.22. The van der Waals surface area contributed by atoms with Crippen LogP contribution in [0.3, 0.4) is 0 Å². The van der Waals surface area contributed by atoms with Gasteiger partial charge in [0, 0.05) is 17.2 Å².